The van der Waals surface area contributed by atoms with Crippen LogP contribution in [0.5, 0.6) is 5.75 Å². The quantitative estimate of drug-likeness (QED) is 0.859. The van der Waals surface area contributed by atoms with Gasteiger partial charge in [-0.3, -0.25) is 0 Å². The summed E-state index contributed by atoms with van der Waals surface area (Å²) in [7, 11) is 0. The van der Waals surface area contributed by atoms with Crippen LogP contribution in [-0.2, 0) is 6.18 Å². The summed E-state index contributed by atoms with van der Waals surface area (Å²) in [5.41, 5.74) is -3.20. The standard InChI is InChI=1S/C13H11F3O3/c1-4-12(2,3)19-8-5-6-9(11(17)18)10(7-8)13(14,15)16/h1,5-7H,2-3H3,(H,17,18). The van der Waals surface area contributed by atoms with Crippen molar-refractivity contribution in [3.05, 3.63) is 29.3 Å². The van der Waals surface area contributed by atoms with E-state index in [4.69, 9.17) is 16.3 Å². The highest BCUT2D eigenvalue weighted by Crippen LogP contribution is 2.35. The van der Waals surface area contributed by atoms with Gasteiger partial charge in [0, 0.05) is 0 Å². The summed E-state index contributed by atoms with van der Waals surface area (Å²) in [5.74, 6) is 0.470. The second-order valence-corrected chi connectivity index (χ2v) is 4.27. The molecule has 0 unspecified atom stereocenters. The Kier molecular flexibility index (Phi) is 3.80. The van der Waals surface area contributed by atoms with E-state index in [-0.39, 0.29) is 5.75 Å². The maximum Gasteiger partial charge on any atom is 0.417 e. The number of ether oxygens (including phenoxy) is 1. The van der Waals surface area contributed by atoms with Crippen LogP contribution >= 0.6 is 0 Å². The molecular weight excluding hydrogens is 261 g/mol. The average molecular weight is 272 g/mol. The third kappa shape index (κ3) is 3.65. The molecule has 1 aromatic rings. The first kappa shape index (κ1) is 14.9. The second kappa shape index (κ2) is 4.84. The number of benzene rings is 1. The molecule has 1 aromatic carbocycles. The molecule has 0 aliphatic heterocycles. The summed E-state index contributed by atoms with van der Waals surface area (Å²) in [6.07, 6.45) is 0.380. The van der Waals surface area contributed by atoms with Crippen LogP contribution in [0.4, 0.5) is 13.2 Å². The molecule has 0 bridgehead atoms. The van der Waals surface area contributed by atoms with E-state index in [2.05, 4.69) is 5.92 Å². The minimum Gasteiger partial charge on any atom is -0.478 e. The van der Waals surface area contributed by atoms with Gasteiger partial charge in [-0.15, -0.1) is 6.42 Å². The van der Waals surface area contributed by atoms with Crippen LogP contribution in [0, 0.1) is 12.3 Å². The van der Waals surface area contributed by atoms with Gasteiger partial charge in [-0.2, -0.15) is 13.2 Å². The van der Waals surface area contributed by atoms with Gasteiger partial charge in [-0.25, -0.2) is 4.79 Å². The van der Waals surface area contributed by atoms with Crippen LogP contribution in [0.2, 0.25) is 0 Å². The van der Waals surface area contributed by atoms with Gasteiger partial charge in [0.25, 0.3) is 0 Å². The third-order valence-corrected chi connectivity index (χ3v) is 2.25. The van der Waals surface area contributed by atoms with E-state index in [0.29, 0.717) is 6.07 Å². The number of carboxylic acid groups (broad SMARTS) is 1. The van der Waals surface area contributed by atoms with Gasteiger partial charge in [-0.05, 0) is 32.0 Å². The predicted molar refractivity (Wildman–Crippen MR) is 61.9 cm³/mol. The molecule has 0 amide bonds. The van der Waals surface area contributed by atoms with Gasteiger partial charge in [-0.1, -0.05) is 5.92 Å². The summed E-state index contributed by atoms with van der Waals surface area (Å²) >= 11 is 0. The Morgan fingerprint density at radius 2 is 1.95 bits per heavy atom. The Hall–Kier alpha value is -2.16. The van der Waals surface area contributed by atoms with E-state index in [0.717, 1.165) is 12.1 Å². The summed E-state index contributed by atoms with van der Waals surface area (Å²) in [4.78, 5) is 10.7. The van der Waals surface area contributed by atoms with Crippen LogP contribution in [0.3, 0.4) is 0 Å². The lowest BCUT2D eigenvalue weighted by Gasteiger charge is -2.21. The molecule has 0 aromatic heterocycles. The largest absolute Gasteiger partial charge is 0.478 e. The average Bonchev–Trinajstić information content (AvgIpc) is 2.27. The number of carbonyl (C=O) groups is 1. The number of carboxylic acids is 1. The second-order valence-electron chi connectivity index (χ2n) is 4.27. The molecule has 6 heteroatoms. The first-order valence-corrected chi connectivity index (χ1v) is 5.18. The highest BCUT2D eigenvalue weighted by Gasteiger charge is 2.36. The van der Waals surface area contributed by atoms with Gasteiger partial charge in [0.1, 0.15) is 5.75 Å². The highest BCUT2D eigenvalue weighted by molar-refractivity contribution is 5.89. The third-order valence-electron chi connectivity index (χ3n) is 2.25. The number of hydrogen-bond acceptors (Lipinski definition) is 2. The Morgan fingerprint density at radius 3 is 2.37 bits per heavy atom. The Bertz CT molecular complexity index is 539. The normalized spacial score (nSPS) is 11.8. The topological polar surface area (TPSA) is 46.5 Å². The first-order valence-electron chi connectivity index (χ1n) is 5.18. The zero-order valence-corrected chi connectivity index (χ0v) is 10.2. The summed E-state index contributed by atoms with van der Waals surface area (Å²) in [6.45, 7) is 3.01. The molecule has 0 aliphatic rings. The van der Waals surface area contributed by atoms with Crippen LogP contribution < -0.4 is 4.74 Å². The van der Waals surface area contributed by atoms with Gasteiger partial charge >= 0.3 is 12.1 Å². The highest BCUT2D eigenvalue weighted by atomic mass is 19.4. The molecule has 1 rings (SSSR count). The van der Waals surface area contributed by atoms with Gasteiger partial charge in [0.15, 0.2) is 5.60 Å². The molecular formula is C13H11F3O3. The Morgan fingerprint density at radius 1 is 1.37 bits per heavy atom. The molecule has 19 heavy (non-hydrogen) atoms. The molecule has 0 radical (unpaired) electrons. The maximum absolute atomic E-state index is 12.7. The van der Waals surface area contributed by atoms with Crippen molar-refractivity contribution in [3.63, 3.8) is 0 Å². The van der Waals surface area contributed by atoms with Crippen LogP contribution in [0.25, 0.3) is 0 Å². The van der Waals surface area contributed by atoms with Crippen molar-refractivity contribution in [2.75, 3.05) is 0 Å². The van der Waals surface area contributed by atoms with E-state index in [1.165, 1.54) is 13.8 Å². The van der Waals surface area contributed by atoms with E-state index in [9.17, 15) is 18.0 Å². The molecule has 0 saturated carbocycles. The molecule has 0 fully saturated rings. The zero-order chi connectivity index (χ0) is 14.8. The molecule has 0 saturated heterocycles. The first-order chi connectivity index (χ1) is 8.57. The minimum absolute atomic E-state index is 0.139. The van der Waals surface area contributed by atoms with E-state index >= 15 is 0 Å². The number of halogens is 3. The summed E-state index contributed by atoms with van der Waals surface area (Å²) in [6, 6.07) is 2.60. The van der Waals surface area contributed by atoms with Crippen molar-refractivity contribution in [1.29, 1.82) is 0 Å². The number of terminal acetylenes is 1. The molecule has 102 valence electrons. The maximum atomic E-state index is 12.7. The van der Waals surface area contributed by atoms with Crippen molar-refractivity contribution in [3.8, 4) is 18.1 Å². The summed E-state index contributed by atoms with van der Waals surface area (Å²) < 4.78 is 43.4. The van der Waals surface area contributed by atoms with Gasteiger partial charge in [0.05, 0.1) is 11.1 Å². The van der Waals surface area contributed by atoms with Crippen molar-refractivity contribution in [2.24, 2.45) is 0 Å². The van der Waals surface area contributed by atoms with Crippen LogP contribution in [-0.4, -0.2) is 16.7 Å². The fourth-order valence-electron chi connectivity index (χ4n) is 1.33. The van der Waals surface area contributed by atoms with Crippen molar-refractivity contribution < 1.29 is 27.8 Å². The fraction of sp³-hybridized carbons (Fsp3) is 0.308. The van der Waals surface area contributed by atoms with Crippen molar-refractivity contribution >= 4 is 5.97 Å². The molecule has 0 heterocycles. The van der Waals surface area contributed by atoms with Gasteiger partial charge < -0.3 is 9.84 Å². The molecule has 0 spiro atoms. The fourth-order valence-corrected chi connectivity index (χ4v) is 1.33. The number of aromatic carboxylic acids is 1. The molecule has 3 nitrogen and oxygen atoms in total. The van der Waals surface area contributed by atoms with E-state index < -0.39 is 28.9 Å². The van der Waals surface area contributed by atoms with Crippen molar-refractivity contribution in [2.45, 2.75) is 25.6 Å². The predicted octanol–water partition coefficient (Wildman–Crippen LogP) is 3.19. The number of hydrogen-bond donors (Lipinski definition) is 1. The van der Waals surface area contributed by atoms with E-state index in [1.807, 2.05) is 0 Å². The molecule has 0 aliphatic carbocycles. The van der Waals surface area contributed by atoms with Crippen LogP contribution in [0.1, 0.15) is 29.8 Å². The Balaban J connectivity index is 3.28. The summed E-state index contributed by atoms with van der Waals surface area (Å²) in [5, 5.41) is 8.73. The number of rotatable bonds is 3. The van der Waals surface area contributed by atoms with Crippen LogP contribution in [0.15, 0.2) is 18.2 Å². The van der Waals surface area contributed by atoms with Crippen molar-refractivity contribution in [1.82, 2.24) is 0 Å². The SMILES string of the molecule is C#CC(C)(C)Oc1ccc(C(=O)O)c(C(F)(F)F)c1. The number of alkyl halides is 3. The van der Waals surface area contributed by atoms with Gasteiger partial charge in [0.2, 0.25) is 0 Å². The lowest BCUT2D eigenvalue weighted by Crippen LogP contribution is -2.26. The molecule has 1 N–H and O–H groups in total. The van der Waals surface area contributed by atoms with E-state index in [1.54, 1.807) is 0 Å². The monoisotopic (exact) mass is 272 g/mol. The Labute approximate surface area is 108 Å². The smallest absolute Gasteiger partial charge is 0.417 e. The lowest BCUT2D eigenvalue weighted by molar-refractivity contribution is -0.138. The lowest BCUT2D eigenvalue weighted by atomic mass is 10.1. The molecule has 0 atom stereocenters. The minimum atomic E-state index is -4.78. The zero-order valence-electron chi connectivity index (χ0n) is 10.2.